The molecule has 2 aromatic heterocycles. The van der Waals surface area contributed by atoms with Gasteiger partial charge in [0, 0.05) is 19.3 Å². The summed E-state index contributed by atoms with van der Waals surface area (Å²) in [5.41, 5.74) is 1.73. The highest BCUT2D eigenvalue weighted by Crippen LogP contribution is 2.08. The average molecular weight is 146 g/mol. The Balaban J connectivity index is 2.92. The summed E-state index contributed by atoms with van der Waals surface area (Å²) >= 11 is 0. The van der Waals surface area contributed by atoms with Gasteiger partial charge in [0.05, 0.1) is 0 Å². The van der Waals surface area contributed by atoms with Crippen LogP contribution in [0.1, 0.15) is 5.82 Å². The number of aryl methyl sites for hydroxylation is 2. The van der Waals surface area contributed by atoms with E-state index in [4.69, 9.17) is 0 Å². The summed E-state index contributed by atoms with van der Waals surface area (Å²) in [5, 5.41) is 0. The summed E-state index contributed by atoms with van der Waals surface area (Å²) in [4.78, 5) is 8.43. The molecular weight excluding hydrogens is 138 g/mol. The van der Waals surface area contributed by atoms with E-state index in [1.807, 2.05) is 18.5 Å². The molecule has 11 heavy (non-hydrogen) atoms. The molecule has 0 aliphatic heterocycles. The van der Waals surface area contributed by atoms with Gasteiger partial charge in [0.25, 0.3) is 0 Å². The Hall–Kier alpha value is -1.38. The van der Waals surface area contributed by atoms with E-state index in [1.165, 1.54) is 0 Å². The van der Waals surface area contributed by atoms with Gasteiger partial charge in [0.2, 0.25) is 0 Å². The van der Waals surface area contributed by atoms with Crippen LogP contribution in [-0.4, -0.2) is 14.5 Å². The van der Waals surface area contributed by atoms with Gasteiger partial charge in [-0.3, -0.25) is 0 Å². The SMILES string of the molecule is Cc1nc2[c]ccnc2n1C. The third-order valence-electron chi connectivity index (χ3n) is 1.78. The van der Waals surface area contributed by atoms with E-state index in [-0.39, 0.29) is 0 Å². The van der Waals surface area contributed by atoms with E-state index in [9.17, 15) is 0 Å². The van der Waals surface area contributed by atoms with Crippen molar-refractivity contribution in [2.75, 3.05) is 0 Å². The minimum Gasteiger partial charge on any atom is -0.316 e. The van der Waals surface area contributed by atoms with Crippen molar-refractivity contribution in [2.45, 2.75) is 6.92 Å². The molecule has 0 aliphatic rings. The van der Waals surface area contributed by atoms with Gasteiger partial charge in [-0.25, -0.2) is 9.97 Å². The molecular formula is C8H8N3. The zero-order chi connectivity index (χ0) is 7.84. The average Bonchev–Trinajstić information content (AvgIpc) is 2.30. The second kappa shape index (κ2) is 2.05. The summed E-state index contributed by atoms with van der Waals surface area (Å²) in [6.45, 7) is 1.95. The van der Waals surface area contributed by atoms with Gasteiger partial charge in [0.15, 0.2) is 5.65 Å². The molecule has 0 fully saturated rings. The minimum atomic E-state index is 0.840. The maximum Gasteiger partial charge on any atom is 0.160 e. The molecule has 0 unspecified atom stereocenters. The van der Waals surface area contributed by atoms with Gasteiger partial charge >= 0.3 is 0 Å². The molecule has 0 aliphatic carbocycles. The van der Waals surface area contributed by atoms with Crippen LogP contribution in [-0.2, 0) is 7.05 Å². The predicted molar refractivity (Wildman–Crippen MR) is 42.1 cm³/mol. The first kappa shape index (κ1) is 6.34. The Morgan fingerprint density at radius 3 is 3.09 bits per heavy atom. The van der Waals surface area contributed by atoms with Crippen molar-refractivity contribution in [3.8, 4) is 0 Å². The number of rotatable bonds is 0. The first-order valence-corrected chi connectivity index (χ1v) is 3.45. The van der Waals surface area contributed by atoms with Crippen molar-refractivity contribution in [1.82, 2.24) is 14.5 Å². The number of aromatic nitrogens is 3. The van der Waals surface area contributed by atoms with Gasteiger partial charge in [-0.1, -0.05) is 0 Å². The largest absolute Gasteiger partial charge is 0.316 e. The molecule has 55 valence electrons. The van der Waals surface area contributed by atoms with Crippen molar-refractivity contribution in [1.29, 1.82) is 0 Å². The normalized spacial score (nSPS) is 10.7. The van der Waals surface area contributed by atoms with Crippen LogP contribution in [0.4, 0.5) is 0 Å². The fraction of sp³-hybridized carbons (Fsp3) is 0.250. The number of hydrogen-bond acceptors (Lipinski definition) is 2. The summed E-state index contributed by atoms with van der Waals surface area (Å²) in [7, 11) is 1.95. The number of fused-ring (bicyclic) bond motifs is 1. The van der Waals surface area contributed by atoms with Crippen molar-refractivity contribution in [2.24, 2.45) is 7.05 Å². The summed E-state index contributed by atoms with van der Waals surface area (Å²) in [6.07, 6.45) is 1.73. The molecule has 0 saturated heterocycles. The fourth-order valence-electron chi connectivity index (χ4n) is 1.07. The fourth-order valence-corrected chi connectivity index (χ4v) is 1.07. The molecule has 3 heteroatoms. The highest BCUT2D eigenvalue weighted by molar-refractivity contribution is 5.70. The van der Waals surface area contributed by atoms with Crippen LogP contribution in [0.5, 0.6) is 0 Å². The van der Waals surface area contributed by atoms with Crippen LogP contribution in [0.2, 0.25) is 0 Å². The number of imidazole rings is 1. The van der Waals surface area contributed by atoms with Crippen LogP contribution in [0.3, 0.4) is 0 Å². The standard InChI is InChI=1S/C8H8N3/c1-6-10-7-4-3-5-9-8(7)11(6)2/h3,5H,1-2H3. The number of pyridine rings is 1. The third-order valence-corrected chi connectivity index (χ3v) is 1.78. The van der Waals surface area contributed by atoms with Crippen LogP contribution in [0.15, 0.2) is 12.3 Å². The van der Waals surface area contributed by atoms with Crippen LogP contribution >= 0.6 is 0 Å². The maximum absolute atomic E-state index is 4.26. The van der Waals surface area contributed by atoms with E-state index in [0.29, 0.717) is 0 Å². The molecule has 0 aromatic carbocycles. The molecule has 0 saturated carbocycles. The van der Waals surface area contributed by atoms with Crippen LogP contribution in [0, 0.1) is 13.0 Å². The maximum atomic E-state index is 4.26. The molecule has 1 radical (unpaired) electrons. The van der Waals surface area contributed by atoms with Crippen LogP contribution in [0.25, 0.3) is 11.2 Å². The van der Waals surface area contributed by atoms with Gasteiger partial charge in [0.1, 0.15) is 11.3 Å². The Bertz CT molecular complexity index is 389. The summed E-state index contributed by atoms with van der Waals surface area (Å²) < 4.78 is 1.95. The molecule has 2 heterocycles. The molecule has 0 spiro atoms. The van der Waals surface area contributed by atoms with Crippen molar-refractivity contribution < 1.29 is 0 Å². The second-order valence-corrected chi connectivity index (χ2v) is 2.48. The lowest BCUT2D eigenvalue weighted by molar-refractivity contribution is 0.874. The van der Waals surface area contributed by atoms with E-state index in [0.717, 1.165) is 17.0 Å². The Morgan fingerprint density at radius 1 is 1.55 bits per heavy atom. The van der Waals surface area contributed by atoms with Gasteiger partial charge in [-0.15, -0.1) is 0 Å². The molecule has 0 N–H and O–H groups in total. The minimum absolute atomic E-state index is 0.840. The Morgan fingerprint density at radius 2 is 2.36 bits per heavy atom. The van der Waals surface area contributed by atoms with Gasteiger partial charge < -0.3 is 4.57 Å². The Labute approximate surface area is 64.7 Å². The lowest BCUT2D eigenvalue weighted by atomic mass is 10.4. The molecule has 3 nitrogen and oxygen atoms in total. The molecule has 2 rings (SSSR count). The monoisotopic (exact) mass is 146 g/mol. The zero-order valence-corrected chi connectivity index (χ0v) is 6.50. The Kier molecular flexibility index (Phi) is 1.18. The highest BCUT2D eigenvalue weighted by Gasteiger charge is 2.02. The van der Waals surface area contributed by atoms with Crippen molar-refractivity contribution in [3.63, 3.8) is 0 Å². The predicted octanol–water partition coefficient (Wildman–Crippen LogP) is 1.08. The topological polar surface area (TPSA) is 30.7 Å². The van der Waals surface area contributed by atoms with E-state index in [2.05, 4.69) is 16.0 Å². The molecule has 0 atom stereocenters. The van der Waals surface area contributed by atoms with Gasteiger partial charge in [-0.05, 0) is 13.0 Å². The number of nitrogens with zero attached hydrogens (tertiary/aromatic N) is 3. The van der Waals surface area contributed by atoms with Crippen molar-refractivity contribution >= 4 is 11.2 Å². The number of hydrogen-bond donors (Lipinski definition) is 0. The molecule has 2 aromatic rings. The lowest BCUT2D eigenvalue weighted by Gasteiger charge is -1.92. The molecule has 0 bridgehead atoms. The quantitative estimate of drug-likeness (QED) is 0.556. The molecule has 0 amide bonds. The van der Waals surface area contributed by atoms with E-state index < -0.39 is 0 Å². The summed E-state index contributed by atoms with van der Waals surface area (Å²) in [5.74, 6) is 0.968. The smallest absolute Gasteiger partial charge is 0.160 e. The first-order chi connectivity index (χ1) is 5.29. The summed E-state index contributed by atoms with van der Waals surface area (Å²) in [6, 6.07) is 4.79. The highest BCUT2D eigenvalue weighted by atomic mass is 15.1. The second-order valence-electron chi connectivity index (χ2n) is 2.48. The zero-order valence-electron chi connectivity index (χ0n) is 6.50. The lowest BCUT2D eigenvalue weighted by Crippen LogP contribution is -1.91. The first-order valence-electron chi connectivity index (χ1n) is 3.45. The van der Waals surface area contributed by atoms with E-state index in [1.54, 1.807) is 12.3 Å². The van der Waals surface area contributed by atoms with Crippen LogP contribution < -0.4 is 0 Å². The van der Waals surface area contributed by atoms with Gasteiger partial charge in [-0.2, -0.15) is 0 Å². The van der Waals surface area contributed by atoms with E-state index >= 15 is 0 Å². The third kappa shape index (κ3) is 0.808. The van der Waals surface area contributed by atoms with Crippen molar-refractivity contribution in [3.05, 3.63) is 24.2 Å².